The van der Waals surface area contributed by atoms with E-state index in [0.717, 1.165) is 122 Å². The highest BCUT2D eigenvalue weighted by atomic mass is 16.6. The van der Waals surface area contributed by atoms with Crippen LogP contribution in [0.4, 0.5) is 0 Å². The molecule has 0 aliphatic carbocycles. The van der Waals surface area contributed by atoms with Crippen molar-refractivity contribution in [3.05, 3.63) is 146 Å². The zero-order valence-electron chi connectivity index (χ0n) is 49.7. The lowest BCUT2D eigenvalue weighted by Gasteiger charge is -2.18. The van der Waals surface area contributed by atoms with Gasteiger partial charge in [0, 0.05) is 19.3 Å². The van der Waals surface area contributed by atoms with Crippen LogP contribution in [0.5, 0.6) is 0 Å². The normalized spacial score (nSPS) is 13.1. The summed E-state index contributed by atoms with van der Waals surface area (Å²) in [6.45, 7) is 6.34. The fourth-order valence-corrected chi connectivity index (χ4v) is 8.22. The molecule has 0 aromatic heterocycles. The molecular formula is C71H114O6. The summed E-state index contributed by atoms with van der Waals surface area (Å²) in [4.78, 5) is 38.1. The number of esters is 3. The zero-order chi connectivity index (χ0) is 55.7. The molecule has 0 heterocycles. The number of rotatable bonds is 55. The molecule has 0 radical (unpaired) electrons. The quantitative estimate of drug-likeness (QED) is 0.0261. The molecule has 1 unspecified atom stereocenters. The Hall–Kier alpha value is -4.71. The molecule has 1 atom stereocenters. The molecule has 0 aromatic rings. The Kier molecular flexibility index (Phi) is 59.9. The second kappa shape index (κ2) is 63.8. The SMILES string of the molecule is CC/C=C\C/C=C\C/C=C\C/C=C\C/C=C\C/C=C\C/C=C\CCCCCCCCCCCCCC(=O)OCC(COC(=O)CCCCCCCCCCC)OC(=O)CCC/C=C\C/C=C\C/C=C\C/C=C\C/C=C\CC. The van der Waals surface area contributed by atoms with Crippen LogP contribution in [-0.4, -0.2) is 37.2 Å². The molecule has 434 valence electrons. The van der Waals surface area contributed by atoms with Crippen LogP contribution in [0.2, 0.25) is 0 Å². The van der Waals surface area contributed by atoms with Crippen molar-refractivity contribution in [2.75, 3.05) is 13.2 Å². The van der Waals surface area contributed by atoms with Crippen LogP contribution in [-0.2, 0) is 28.6 Å². The first-order chi connectivity index (χ1) is 38.0. The van der Waals surface area contributed by atoms with E-state index in [1.807, 2.05) is 0 Å². The zero-order valence-corrected chi connectivity index (χ0v) is 49.7. The molecule has 6 heteroatoms. The highest BCUT2D eigenvalue weighted by molar-refractivity contribution is 5.71. The Bertz CT molecular complexity index is 1700. The maximum Gasteiger partial charge on any atom is 0.306 e. The lowest BCUT2D eigenvalue weighted by Crippen LogP contribution is -2.30. The van der Waals surface area contributed by atoms with Gasteiger partial charge in [0.2, 0.25) is 0 Å². The molecular weight excluding hydrogens is 949 g/mol. The number of unbranched alkanes of at least 4 members (excludes halogenated alkanes) is 20. The summed E-state index contributed by atoms with van der Waals surface area (Å²) in [7, 11) is 0. The van der Waals surface area contributed by atoms with E-state index in [1.165, 1.54) is 96.3 Å². The van der Waals surface area contributed by atoms with Gasteiger partial charge < -0.3 is 14.2 Å². The van der Waals surface area contributed by atoms with Gasteiger partial charge >= 0.3 is 17.9 Å². The monoisotopic (exact) mass is 1060 g/mol. The molecule has 0 amide bonds. The van der Waals surface area contributed by atoms with Gasteiger partial charge in [-0.25, -0.2) is 0 Å². The minimum Gasteiger partial charge on any atom is -0.462 e. The van der Waals surface area contributed by atoms with Gasteiger partial charge in [-0.15, -0.1) is 0 Å². The molecule has 0 saturated heterocycles. The first-order valence-corrected chi connectivity index (χ1v) is 31.3. The van der Waals surface area contributed by atoms with Crippen molar-refractivity contribution >= 4 is 17.9 Å². The third kappa shape index (κ3) is 62.0. The van der Waals surface area contributed by atoms with Gasteiger partial charge in [0.1, 0.15) is 13.2 Å². The van der Waals surface area contributed by atoms with E-state index >= 15 is 0 Å². The molecule has 0 aromatic carbocycles. The molecule has 0 spiro atoms. The fraction of sp³-hybridized carbons (Fsp3) is 0.620. The van der Waals surface area contributed by atoms with Gasteiger partial charge in [-0.3, -0.25) is 14.4 Å². The minimum atomic E-state index is -0.811. The summed E-state index contributed by atoms with van der Waals surface area (Å²) in [6, 6.07) is 0. The van der Waals surface area contributed by atoms with Gasteiger partial charge in [-0.05, 0) is 116 Å². The van der Waals surface area contributed by atoms with E-state index < -0.39 is 6.10 Å². The predicted molar refractivity (Wildman–Crippen MR) is 334 cm³/mol. The van der Waals surface area contributed by atoms with Gasteiger partial charge in [0.25, 0.3) is 0 Å². The van der Waals surface area contributed by atoms with Crippen molar-refractivity contribution < 1.29 is 28.6 Å². The van der Waals surface area contributed by atoms with Crippen molar-refractivity contribution in [1.29, 1.82) is 0 Å². The Morgan fingerprint density at radius 2 is 0.519 bits per heavy atom. The Labute approximate surface area is 474 Å². The van der Waals surface area contributed by atoms with E-state index in [1.54, 1.807) is 0 Å². The highest BCUT2D eigenvalue weighted by Gasteiger charge is 2.19. The third-order valence-corrected chi connectivity index (χ3v) is 12.8. The summed E-state index contributed by atoms with van der Waals surface area (Å²) in [6.07, 6.45) is 91.6. The maximum absolute atomic E-state index is 12.8. The summed E-state index contributed by atoms with van der Waals surface area (Å²) in [5.41, 5.74) is 0. The number of hydrogen-bond donors (Lipinski definition) is 0. The van der Waals surface area contributed by atoms with E-state index in [9.17, 15) is 14.4 Å². The Balaban J connectivity index is 4.23. The topological polar surface area (TPSA) is 78.9 Å². The molecule has 0 N–H and O–H groups in total. The standard InChI is InChI=1S/C71H114O6/c1-4-7-10-13-16-19-21-23-25-27-28-29-30-31-32-33-34-35-36-37-38-39-40-41-42-44-45-47-49-52-55-58-61-64-70(73)76-67-68(66-75-69(72)63-60-57-54-51-18-15-12-9-6-3)77-71(74)65-62-59-56-53-50-48-46-43-26-24-22-20-17-14-11-8-5-2/h7-8,10-11,16-17,19-20,23-26,28-29,31-32,34-35,37-38,46,48,53,56,68H,4-6,9,12-15,18,21-22,27,30,33,36,39-45,47,49-52,54-55,57-67H2,1-3H3/b10-7-,11-8-,19-16-,20-17-,25-23-,26-24-,29-28-,32-31-,35-34-,38-37-,48-46-,56-53-. The number of ether oxygens (including phenoxy) is 3. The van der Waals surface area contributed by atoms with Crippen LogP contribution in [0.1, 0.15) is 265 Å². The predicted octanol–water partition coefficient (Wildman–Crippen LogP) is 21.5. The van der Waals surface area contributed by atoms with Crippen molar-refractivity contribution in [3.8, 4) is 0 Å². The lowest BCUT2D eigenvalue weighted by atomic mass is 10.0. The van der Waals surface area contributed by atoms with Crippen LogP contribution in [0.25, 0.3) is 0 Å². The van der Waals surface area contributed by atoms with E-state index in [0.29, 0.717) is 19.3 Å². The van der Waals surface area contributed by atoms with Crippen molar-refractivity contribution in [2.24, 2.45) is 0 Å². The number of carbonyl (C=O) groups excluding carboxylic acids is 3. The average molecular weight is 1060 g/mol. The summed E-state index contributed by atoms with van der Waals surface area (Å²) >= 11 is 0. The molecule has 0 saturated carbocycles. The van der Waals surface area contributed by atoms with Crippen molar-refractivity contribution in [3.63, 3.8) is 0 Å². The van der Waals surface area contributed by atoms with Gasteiger partial charge in [-0.1, -0.05) is 276 Å². The van der Waals surface area contributed by atoms with Crippen LogP contribution >= 0.6 is 0 Å². The van der Waals surface area contributed by atoms with E-state index in [2.05, 4.69) is 167 Å². The van der Waals surface area contributed by atoms with Crippen LogP contribution in [0.3, 0.4) is 0 Å². The first kappa shape index (κ1) is 72.3. The second-order valence-electron chi connectivity index (χ2n) is 20.2. The minimum absolute atomic E-state index is 0.103. The number of allylic oxidation sites excluding steroid dienone is 24. The number of carbonyl (C=O) groups is 3. The highest BCUT2D eigenvalue weighted by Crippen LogP contribution is 2.15. The van der Waals surface area contributed by atoms with Crippen LogP contribution in [0.15, 0.2) is 146 Å². The summed E-state index contributed by atoms with van der Waals surface area (Å²) in [5.74, 6) is -0.971. The molecule has 0 fully saturated rings. The van der Waals surface area contributed by atoms with Crippen LogP contribution < -0.4 is 0 Å². The summed E-state index contributed by atoms with van der Waals surface area (Å²) < 4.78 is 16.8. The molecule has 0 aliphatic heterocycles. The first-order valence-electron chi connectivity index (χ1n) is 31.3. The average Bonchev–Trinajstić information content (AvgIpc) is 3.43. The molecule has 0 rings (SSSR count). The number of hydrogen-bond acceptors (Lipinski definition) is 6. The van der Waals surface area contributed by atoms with Gasteiger partial charge in [0.15, 0.2) is 6.10 Å². The van der Waals surface area contributed by atoms with Crippen molar-refractivity contribution in [1.82, 2.24) is 0 Å². The maximum atomic E-state index is 12.8. The van der Waals surface area contributed by atoms with E-state index in [-0.39, 0.29) is 37.5 Å². The smallest absolute Gasteiger partial charge is 0.306 e. The summed E-state index contributed by atoms with van der Waals surface area (Å²) in [5, 5.41) is 0. The Morgan fingerprint density at radius 3 is 0.831 bits per heavy atom. The molecule has 0 bridgehead atoms. The van der Waals surface area contributed by atoms with Gasteiger partial charge in [-0.2, -0.15) is 0 Å². The lowest BCUT2D eigenvalue weighted by molar-refractivity contribution is -0.167. The van der Waals surface area contributed by atoms with Crippen LogP contribution in [0, 0.1) is 0 Å². The third-order valence-electron chi connectivity index (χ3n) is 12.8. The van der Waals surface area contributed by atoms with E-state index in [4.69, 9.17) is 14.2 Å². The Morgan fingerprint density at radius 1 is 0.273 bits per heavy atom. The second-order valence-corrected chi connectivity index (χ2v) is 20.2. The largest absolute Gasteiger partial charge is 0.462 e. The molecule has 77 heavy (non-hydrogen) atoms. The van der Waals surface area contributed by atoms with Crippen molar-refractivity contribution in [2.45, 2.75) is 271 Å². The molecule has 6 nitrogen and oxygen atoms in total. The molecule has 0 aliphatic rings. The fourth-order valence-electron chi connectivity index (χ4n) is 8.22. The van der Waals surface area contributed by atoms with Gasteiger partial charge in [0.05, 0.1) is 0 Å².